The van der Waals surface area contributed by atoms with Crippen LogP contribution in [-0.4, -0.2) is 27.0 Å². The van der Waals surface area contributed by atoms with Crippen LogP contribution < -0.4 is 10.9 Å². The molecule has 0 aliphatic heterocycles. The Morgan fingerprint density at radius 3 is 2.44 bits per heavy atom. The van der Waals surface area contributed by atoms with Gasteiger partial charge < -0.3 is 10.4 Å². The minimum atomic E-state index is -0.651. The normalized spacial score (nSPS) is 13.2. The van der Waals surface area contributed by atoms with Crippen LogP contribution in [0.25, 0.3) is 5.69 Å². The third kappa shape index (κ3) is 4.69. The molecule has 7 heteroatoms. The average molecular weight is 404 g/mol. The SMILES string of the molecule is CC(Nc1cnn(-c2ccc(Cl)cc2)c(=O)c1Cl)C(O)Cc1ccccc1. The molecule has 5 nitrogen and oxygen atoms in total. The van der Waals surface area contributed by atoms with Gasteiger partial charge in [-0.05, 0) is 36.8 Å². The van der Waals surface area contributed by atoms with Gasteiger partial charge >= 0.3 is 0 Å². The first-order valence-corrected chi connectivity index (χ1v) is 9.23. The Morgan fingerprint density at radius 2 is 1.78 bits per heavy atom. The summed E-state index contributed by atoms with van der Waals surface area (Å²) < 4.78 is 1.20. The van der Waals surface area contributed by atoms with Crippen molar-refractivity contribution in [3.8, 4) is 5.69 Å². The van der Waals surface area contributed by atoms with Gasteiger partial charge in [-0.2, -0.15) is 9.78 Å². The molecule has 3 rings (SSSR count). The van der Waals surface area contributed by atoms with Crippen LogP contribution in [-0.2, 0) is 6.42 Å². The number of aliphatic hydroxyl groups is 1. The zero-order valence-electron chi connectivity index (χ0n) is 14.6. The summed E-state index contributed by atoms with van der Waals surface area (Å²) in [6.07, 6.45) is 1.31. The Kier molecular flexibility index (Phi) is 6.16. The lowest BCUT2D eigenvalue weighted by molar-refractivity contribution is 0.158. The molecule has 0 saturated heterocycles. The van der Waals surface area contributed by atoms with E-state index in [1.54, 1.807) is 24.3 Å². The highest BCUT2D eigenvalue weighted by atomic mass is 35.5. The Morgan fingerprint density at radius 1 is 1.11 bits per heavy atom. The molecule has 2 atom stereocenters. The van der Waals surface area contributed by atoms with Gasteiger partial charge in [-0.15, -0.1) is 0 Å². The predicted octanol–water partition coefficient (Wildman–Crippen LogP) is 3.94. The molecule has 0 saturated carbocycles. The van der Waals surface area contributed by atoms with Crippen LogP contribution in [0.4, 0.5) is 5.69 Å². The summed E-state index contributed by atoms with van der Waals surface area (Å²) in [4.78, 5) is 12.6. The zero-order valence-corrected chi connectivity index (χ0v) is 16.2. The van der Waals surface area contributed by atoms with Crippen LogP contribution in [0, 0.1) is 0 Å². The van der Waals surface area contributed by atoms with Crippen LogP contribution in [0.3, 0.4) is 0 Å². The van der Waals surface area contributed by atoms with Gasteiger partial charge in [0, 0.05) is 17.5 Å². The second-order valence-electron chi connectivity index (χ2n) is 6.26. The first kappa shape index (κ1) is 19.4. The van der Waals surface area contributed by atoms with Gasteiger partial charge in [0.1, 0.15) is 5.02 Å². The lowest BCUT2D eigenvalue weighted by atomic mass is 10.0. The summed E-state index contributed by atoms with van der Waals surface area (Å²) >= 11 is 12.1. The molecule has 2 unspecified atom stereocenters. The van der Waals surface area contributed by atoms with Gasteiger partial charge in [-0.1, -0.05) is 53.5 Å². The molecule has 0 aliphatic carbocycles. The Bertz CT molecular complexity index is 959. The van der Waals surface area contributed by atoms with Crippen LogP contribution in [0.2, 0.25) is 10.0 Å². The van der Waals surface area contributed by atoms with E-state index in [2.05, 4.69) is 10.4 Å². The number of anilines is 1. The highest BCUT2D eigenvalue weighted by molar-refractivity contribution is 6.33. The topological polar surface area (TPSA) is 67.2 Å². The van der Waals surface area contributed by atoms with E-state index in [-0.39, 0.29) is 11.1 Å². The minimum absolute atomic E-state index is 0.0127. The molecular weight excluding hydrogens is 385 g/mol. The number of rotatable bonds is 6. The molecule has 140 valence electrons. The van der Waals surface area contributed by atoms with Gasteiger partial charge in [0.2, 0.25) is 0 Å². The highest BCUT2D eigenvalue weighted by Crippen LogP contribution is 2.20. The fourth-order valence-corrected chi connectivity index (χ4v) is 2.98. The maximum atomic E-state index is 12.6. The molecule has 1 aromatic heterocycles. The Labute approximate surface area is 167 Å². The number of benzene rings is 2. The number of aromatic nitrogens is 2. The molecule has 0 spiro atoms. The quantitative estimate of drug-likeness (QED) is 0.653. The molecule has 2 N–H and O–H groups in total. The molecule has 3 aromatic rings. The van der Waals surface area contributed by atoms with Crippen molar-refractivity contribution in [1.29, 1.82) is 0 Å². The van der Waals surface area contributed by atoms with E-state index in [1.807, 2.05) is 37.3 Å². The van der Waals surface area contributed by atoms with Gasteiger partial charge in [-0.25, -0.2) is 0 Å². The molecular formula is C20H19Cl2N3O2. The van der Waals surface area contributed by atoms with Gasteiger partial charge in [0.05, 0.1) is 23.7 Å². The van der Waals surface area contributed by atoms with Crippen molar-refractivity contribution in [2.75, 3.05) is 5.32 Å². The molecule has 2 aromatic carbocycles. The second-order valence-corrected chi connectivity index (χ2v) is 7.07. The lowest BCUT2D eigenvalue weighted by Gasteiger charge is -2.22. The van der Waals surface area contributed by atoms with E-state index < -0.39 is 11.7 Å². The van der Waals surface area contributed by atoms with Crippen molar-refractivity contribution in [3.63, 3.8) is 0 Å². The molecule has 1 heterocycles. The smallest absolute Gasteiger partial charge is 0.292 e. The molecule has 0 bridgehead atoms. The Balaban J connectivity index is 1.76. The van der Waals surface area contributed by atoms with Crippen molar-refractivity contribution in [3.05, 3.63) is 86.8 Å². The number of halogens is 2. The third-order valence-corrected chi connectivity index (χ3v) is 4.86. The lowest BCUT2D eigenvalue weighted by Crippen LogP contribution is -2.33. The molecule has 27 heavy (non-hydrogen) atoms. The van der Waals surface area contributed by atoms with E-state index in [1.165, 1.54) is 10.9 Å². The summed E-state index contributed by atoms with van der Waals surface area (Å²) in [7, 11) is 0. The van der Waals surface area contributed by atoms with Crippen molar-refractivity contribution in [2.24, 2.45) is 0 Å². The highest BCUT2D eigenvalue weighted by Gasteiger charge is 2.18. The zero-order chi connectivity index (χ0) is 19.4. The first-order valence-electron chi connectivity index (χ1n) is 8.48. The van der Waals surface area contributed by atoms with Gasteiger partial charge in [0.25, 0.3) is 5.56 Å². The van der Waals surface area contributed by atoms with Gasteiger partial charge in [0.15, 0.2) is 0 Å². The van der Waals surface area contributed by atoms with E-state index >= 15 is 0 Å². The van der Waals surface area contributed by atoms with Crippen LogP contribution >= 0.6 is 23.2 Å². The monoisotopic (exact) mass is 403 g/mol. The largest absolute Gasteiger partial charge is 0.391 e. The number of nitrogens with one attached hydrogen (secondary N) is 1. The fourth-order valence-electron chi connectivity index (χ4n) is 2.67. The van der Waals surface area contributed by atoms with E-state index in [9.17, 15) is 9.90 Å². The second kappa shape index (κ2) is 8.57. The molecule has 0 fully saturated rings. The van der Waals surface area contributed by atoms with Crippen molar-refractivity contribution < 1.29 is 5.11 Å². The van der Waals surface area contributed by atoms with Crippen LogP contribution in [0.1, 0.15) is 12.5 Å². The summed E-state index contributed by atoms with van der Waals surface area (Å²) in [5, 5.41) is 18.3. The van der Waals surface area contributed by atoms with Gasteiger partial charge in [-0.3, -0.25) is 4.79 Å². The number of hydrogen-bond acceptors (Lipinski definition) is 4. The number of hydrogen-bond donors (Lipinski definition) is 2. The number of nitrogens with zero attached hydrogens (tertiary/aromatic N) is 2. The van der Waals surface area contributed by atoms with Crippen LogP contribution in [0.15, 0.2) is 65.6 Å². The Hall–Kier alpha value is -2.34. The fraction of sp³-hybridized carbons (Fsp3) is 0.200. The van der Waals surface area contributed by atoms with Crippen LogP contribution in [0.5, 0.6) is 0 Å². The summed E-state index contributed by atoms with van der Waals surface area (Å²) in [6.45, 7) is 1.83. The summed E-state index contributed by atoms with van der Waals surface area (Å²) in [5.74, 6) is 0. The first-order chi connectivity index (χ1) is 13.0. The molecule has 0 radical (unpaired) electrons. The van der Waals surface area contributed by atoms with Crippen molar-refractivity contribution in [1.82, 2.24) is 9.78 Å². The maximum absolute atomic E-state index is 12.6. The van der Waals surface area contributed by atoms with Crippen molar-refractivity contribution >= 4 is 28.9 Å². The van der Waals surface area contributed by atoms with E-state index in [0.29, 0.717) is 22.8 Å². The summed E-state index contributed by atoms with van der Waals surface area (Å²) in [6, 6.07) is 16.1. The average Bonchev–Trinajstić information content (AvgIpc) is 2.67. The summed E-state index contributed by atoms with van der Waals surface area (Å²) in [5.41, 5.74) is 1.52. The standard InChI is InChI=1S/C20H19Cl2N3O2/c1-13(18(26)11-14-5-3-2-4-6-14)24-17-12-23-25(20(27)19(17)22)16-9-7-15(21)8-10-16/h2-10,12-13,18,24,26H,11H2,1H3. The van der Waals surface area contributed by atoms with E-state index in [4.69, 9.17) is 23.2 Å². The molecule has 0 aliphatic rings. The molecule has 0 amide bonds. The minimum Gasteiger partial charge on any atom is -0.391 e. The third-order valence-electron chi connectivity index (χ3n) is 4.24. The number of aliphatic hydroxyl groups excluding tert-OH is 1. The van der Waals surface area contributed by atoms with Crippen molar-refractivity contribution in [2.45, 2.75) is 25.5 Å². The predicted molar refractivity (Wildman–Crippen MR) is 109 cm³/mol. The van der Waals surface area contributed by atoms with E-state index in [0.717, 1.165) is 5.56 Å². The maximum Gasteiger partial charge on any atom is 0.292 e.